The highest BCUT2D eigenvalue weighted by molar-refractivity contribution is 6.02. The summed E-state index contributed by atoms with van der Waals surface area (Å²) in [5.74, 6) is 1.14. The van der Waals surface area contributed by atoms with E-state index in [2.05, 4.69) is 0 Å². The number of benzene rings is 1. The Morgan fingerprint density at radius 2 is 2.05 bits per heavy atom. The van der Waals surface area contributed by atoms with Crippen molar-refractivity contribution in [2.75, 3.05) is 13.7 Å². The summed E-state index contributed by atoms with van der Waals surface area (Å²) in [5.41, 5.74) is 2.81. The van der Waals surface area contributed by atoms with Gasteiger partial charge in [0, 0.05) is 6.61 Å². The molecule has 104 valence electrons. The quantitative estimate of drug-likeness (QED) is 0.738. The number of Topliss-reactive ketones (excluding diaryl/α,β-unsaturated/α-hetero) is 1. The van der Waals surface area contributed by atoms with E-state index < -0.39 is 0 Å². The largest absolute Gasteiger partial charge is 0.496 e. The van der Waals surface area contributed by atoms with Gasteiger partial charge in [-0.15, -0.1) is 0 Å². The summed E-state index contributed by atoms with van der Waals surface area (Å²) in [4.78, 5) is 12.7. The zero-order valence-electron chi connectivity index (χ0n) is 12.2. The van der Waals surface area contributed by atoms with Crippen LogP contribution in [0.1, 0.15) is 41.3 Å². The monoisotopic (exact) mass is 262 g/mol. The Kier molecular flexibility index (Phi) is 4.25. The van der Waals surface area contributed by atoms with Crippen LogP contribution in [0.5, 0.6) is 5.75 Å². The molecule has 1 aliphatic rings. The molecule has 0 saturated heterocycles. The summed E-state index contributed by atoms with van der Waals surface area (Å²) in [5, 5.41) is 0. The number of hydrogen-bond acceptors (Lipinski definition) is 3. The minimum Gasteiger partial charge on any atom is -0.496 e. The Labute approximate surface area is 114 Å². The Bertz CT molecular complexity index is 475. The van der Waals surface area contributed by atoms with Crippen molar-refractivity contribution in [1.29, 1.82) is 0 Å². The van der Waals surface area contributed by atoms with Crippen LogP contribution < -0.4 is 4.74 Å². The average Bonchev–Trinajstić information content (AvgIpc) is 3.22. The Hall–Kier alpha value is -1.35. The first-order valence-electron chi connectivity index (χ1n) is 6.90. The summed E-state index contributed by atoms with van der Waals surface area (Å²) in [6, 6.07) is 3.83. The van der Waals surface area contributed by atoms with E-state index in [0.717, 1.165) is 24.0 Å². The smallest absolute Gasteiger partial charge is 0.195 e. The zero-order valence-corrected chi connectivity index (χ0v) is 12.2. The van der Waals surface area contributed by atoms with Crippen LogP contribution in [-0.2, 0) is 4.74 Å². The fraction of sp³-hybridized carbons (Fsp3) is 0.562. The fourth-order valence-electron chi connectivity index (χ4n) is 2.40. The van der Waals surface area contributed by atoms with E-state index >= 15 is 0 Å². The predicted molar refractivity (Wildman–Crippen MR) is 74.9 cm³/mol. The Morgan fingerprint density at radius 3 is 2.58 bits per heavy atom. The summed E-state index contributed by atoms with van der Waals surface area (Å²) < 4.78 is 11.1. The van der Waals surface area contributed by atoms with Crippen LogP contribution in [0.4, 0.5) is 0 Å². The molecule has 1 aromatic carbocycles. The molecule has 0 spiro atoms. The lowest BCUT2D eigenvalue weighted by Crippen LogP contribution is -2.27. The Balaban J connectivity index is 2.34. The molecule has 19 heavy (non-hydrogen) atoms. The van der Waals surface area contributed by atoms with Crippen molar-refractivity contribution in [1.82, 2.24) is 0 Å². The highest BCUT2D eigenvalue weighted by Gasteiger charge is 2.38. The van der Waals surface area contributed by atoms with E-state index in [0.29, 0.717) is 23.8 Å². The van der Waals surface area contributed by atoms with Crippen molar-refractivity contribution in [2.45, 2.75) is 39.7 Å². The molecule has 0 heterocycles. The number of ether oxygens (including phenoxy) is 2. The molecule has 0 aromatic heterocycles. The molecule has 1 aliphatic carbocycles. The molecule has 0 N–H and O–H groups in total. The molecule has 0 bridgehead atoms. The van der Waals surface area contributed by atoms with Crippen molar-refractivity contribution < 1.29 is 14.3 Å². The third-order valence-corrected chi connectivity index (χ3v) is 3.80. The minimum absolute atomic E-state index is 0.0595. The van der Waals surface area contributed by atoms with Gasteiger partial charge in [0.05, 0.1) is 12.7 Å². The highest BCUT2D eigenvalue weighted by Crippen LogP contribution is 2.37. The van der Waals surface area contributed by atoms with Crippen LogP contribution in [0.3, 0.4) is 0 Å². The number of hydrogen-bond donors (Lipinski definition) is 0. The summed E-state index contributed by atoms with van der Waals surface area (Å²) >= 11 is 0. The van der Waals surface area contributed by atoms with Crippen molar-refractivity contribution in [3.8, 4) is 5.75 Å². The number of methoxy groups -OCH3 is 1. The van der Waals surface area contributed by atoms with Gasteiger partial charge in [0.25, 0.3) is 0 Å². The Morgan fingerprint density at radius 1 is 1.37 bits per heavy atom. The van der Waals surface area contributed by atoms with E-state index in [4.69, 9.17) is 9.47 Å². The normalized spacial score (nSPS) is 16.2. The maximum absolute atomic E-state index is 12.7. The van der Waals surface area contributed by atoms with Gasteiger partial charge in [-0.3, -0.25) is 4.79 Å². The molecule has 0 aliphatic heterocycles. The molecular formula is C16H22O3. The van der Waals surface area contributed by atoms with Gasteiger partial charge in [0.1, 0.15) is 11.9 Å². The van der Waals surface area contributed by atoms with Gasteiger partial charge >= 0.3 is 0 Å². The van der Waals surface area contributed by atoms with E-state index in [1.165, 1.54) is 0 Å². The van der Waals surface area contributed by atoms with Crippen LogP contribution >= 0.6 is 0 Å². The van der Waals surface area contributed by atoms with Gasteiger partial charge in [-0.2, -0.15) is 0 Å². The van der Waals surface area contributed by atoms with Crippen LogP contribution in [0.25, 0.3) is 0 Å². The van der Waals surface area contributed by atoms with Gasteiger partial charge < -0.3 is 9.47 Å². The molecule has 0 radical (unpaired) electrons. The zero-order chi connectivity index (χ0) is 14.0. The lowest BCUT2D eigenvalue weighted by Gasteiger charge is -2.18. The summed E-state index contributed by atoms with van der Waals surface area (Å²) in [7, 11) is 1.62. The second-order valence-electron chi connectivity index (χ2n) is 5.17. The summed E-state index contributed by atoms with van der Waals surface area (Å²) in [6.45, 7) is 6.51. The maximum Gasteiger partial charge on any atom is 0.195 e. The van der Waals surface area contributed by atoms with Gasteiger partial charge in [-0.1, -0.05) is 6.07 Å². The van der Waals surface area contributed by atoms with E-state index in [-0.39, 0.29) is 11.9 Å². The molecule has 2 rings (SSSR count). The molecular weight excluding hydrogens is 240 g/mol. The standard InChI is InChI=1S/C16H22O3/c1-5-19-16(12-7-8-12)14(17)13-9-6-10(2)11(3)15(13)18-4/h6,9,12,16H,5,7-8H2,1-4H3. The van der Waals surface area contributed by atoms with Crippen LogP contribution in [-0.4, -0.2) is 25.6 Å². The van der Waals surface area contributed by atoms with Crippen LogP contribution in [0, 0.1) is 19.8 Å². The number of carbonyl (C=O) groups excluding carboxylic acids is 1. The first kappa shape index (κ1) is 14.1. The maximum atomic E-state index is 12.7. The molecule has 1 unspecified atom stereocenters. The van der Waals surface area contributed by atoms with Crippen molar-refractivity contribution in [2.24, 2.45) is 5.92 Å². The lowest BCUT2D eigenvalue weighted by molar-refractivity contribution is 0.0372. The van der Waals surface area contributed by atoms with Gasteiger partial charge in [0.2, 0.25) is 0 Å². The third kappa shape index (κ3) is 2.81. The van der Waals surface area contributed by atoms with E-state index in [9.17, 15) is 4.79 Å². The number of carbonyl (C=O) groups is 1. The molecule has 1 atom stereocenters. The molecule has 3 heteroatoms. The minimum atomic E-state index is -0.305. The van der Waals surface area contributed by atoms with Crippen molar-refractivity contribution >= 4 is 5.78 Å². The molecule has 0 amide bonds. The van der Waals surface area contributed by atoms with Gasteiger partial charge in [0.15, 0.2) is 5.78 Å². The number of rotatable bonds is 6. The number of ketones is 1. The van der Waals surface area contributed by atoms with Gasteiger partial charge in [-0.05, 0) is 56.7 Å². The highest BCUT2D eigenvalue weighted by atomic mass is 16.5. The topological polar surface area (TPSA) is 35.5 Å². The van der Waals surface area contributed by atoms with E-state index in [1.807, 2.05) is 32.9 Å². The first-order valence-corrected chi connectivity index (χ1v) is 6.90. The third-order valence-electron chi connectivity index (χ3n) is 3.80. The molecule has 3 nitrogen and oxygen atoms in total. The van der Waals surface area contributed by atoms with Crippen LogP contribution in [0.15, 0.2) is 12.1 Å². The van der Waals surface area contributed by atoms with E-state index in [1.54, 1.807) is 7.11 Å². The van der Waals surface area contributed by atoms with Crippen LogP contribution in [0.2, 0.25) is 0 Å². The second kappa shape index (κ2) is 5.74. The average molecular weight is 262 g/mol. The van der Waals surface area contributed by atoms with Crippen molar-refractivity contribution in [3.05, 3.63) is 28.8 Å². The van der Waals surface area contributed by atoms with Crippen molar-refractivity contribution in [3.63, 3.8) is 0 Å². The first-order chi connectivity index (χ1) is 9.10. The second-order valence-corrected chi connectivity index (χ2v) is 5.17. The SMILES string of the molecule is CCOC(C(=O)c1ccc(C)c(C)c1OC)C1CC1. The predicted octanol–water partition coefficient (Wildman–Crippen LogP) is 3.31. The fourth-order valence-corrected chi connectivity index (χ4v) is 2.40. The number of aryl methyl sites for hydroxylation is 1. The molecule has 1 aromatic rings. The molecule has 1 fully saturated rings. The summed E-state index contributed by atoms with van der Waals surface area (Å²) in [6.07, 6.45) is 1.87. The van der Waals surface area contributed by atoms with Gasteiger partial charge in [-0.25, -0.2) is 0 Å². The lowest BCUT2D eigenvalue weighted by atomic mass is 9.97. The molecule has 1 saturated carbocycles.